The number of nitrogens with one attached hydrogen (secondary N) is 2. The topological polar surface area (TPSA) is 78.5 Å². The van der Waals surface area contributed by atoms with E-state index in [1.165, 1.54) is 0 Å². The maximum atomic E-state index is 12.8. The highest BCUT2D eigenvalue weighted by Gasteiger charge is 2.40. The van der Waals surface area contributed by atoms with Crippen LogP contribution in [-0.2, 0) is 9.59 Å². The van der Waals surface area contributed by atoms with Crippen LogP contribution in [0.5, 0.6) is 0 Å². The second kappa shape index (κ2) is 7.25. The van der Waals surface area contributed by atoms with Gasteiger partial charge in [0.1, 0.15) is 6.04 Å². The third kappa shape index (κ3) is 3.38. The smallest absolute Gasteiger partial charge is 0.256 e. The lowest BCUT2D eigenvalue weighted by Crippen LogP contribution is -2.55. The Bertz CT molecular complexity index is 684. The standard InChI is InChI=1S/C19H25N3O3/c1-3-12(4-2)17(23)20-13-9-10-22-16(11-13)18(24)21-15-8-6-5-7-14(15)19(22)25/h5-8,12-13,16H,3-4,9-11H2,1-2H3,(H,20,23)(H,21,24)/t13-,16+/m1/s1. The van der Waals surface area contributed by atoms with Crippen LogP contribution in [0.3, 0.4) is 0 Å². The number of piperidine rings is 1. The van der Waals surface area contributed by atoms with Crippen molar-refractivity contribution in [3.05, 3.63) is 29.8 Å². The van der Waals surface area contributed by atoms with E-state index in [-0.39, 0.29) is 29.7 Å². The zero-order chi connectivity index (χ0) is 18.0. The fourth-order valence-corrected chi connectivity index (χ4v) is 3.72. The number of hydrogen-bond acceptors (Lipinski definition) is 3. The highest BCUT2D eigenvalue weighted by Crippen LogP contribution is 2.28. The monoisotopic (exact) mass is 343 g/mol. The van der Waals surface area contributed by atoms with Crippen molar-refractivity contribution in [2.24, 2.45) is 5.92 Å². The van der Waals surface area contributed by atoms with E-state index in [4.69, 9.17) is 0 Å². The predicted octanol–water partition coefficient (Wildman–Crippen LogP) is 2.16. The van der Waals surface area contributed by atoms with Gasteiger partial charge in [0.2, 0.25) is 11.8 Å². The summed E-state index contributed by atoms with van der Waals surface area (Å²) >= 11 is 0. The molecule has 134 valence electrons. The quantitative estimate of drug-likeness (QED) is 0.879. The molecule has 2 atom stereocenters. The van der Waals surface area contributed by atoms with Gasteiger partial charge in [-0.15, -0.1) is 0 Å². The number of fused-ring (bicyclic) bond motifs is 2. The van der Waals surface area contributed by atoms with Crippen molar-refractivity contribution in [3.8, 4) is 0 Å². The molecule has 3 amide bonds. The number of amides is 3. The summed E-state index contributed by atoms with van der Waals surface area (Å²) in [6, 6.07) is 6.47. The molecule has 2 heterocycles. The maximum Gasteiger partial charge on any atom is 0.256 e. The number of anilines is 1. The molecular weight excluding hydrogens is 318 g/mol. The summed E-state index contributed by atoms with van der Waals surface area (Å²) in [4.78, 5) is 39.4. The summed E-state index contributed by atoms with van der Waals surface area (Å²) in [5.74, 6) is -0.248. The summed E-state index contributed by atoms with van der Waals surface area (Å²) in [6.45, 7) is 4.48. The van der Waals surface area contributed by atoms with Gasteiger partial charge in [0.25, 0.3) is 5.91 Å². The Kier molecular flexibility index (Phi) is 5.06. The molecule has 1 aromatic carbocycles. The van der Waals surface area contributed by atoms with E-state index < -0.39 is 6.04 Å². The van der Waals surface area contributed by atoms with Gasteiger partial charge in [-0.1, -0.05) is 26.0 Å². The van der Waals surface area contributed by atoms with Crippen molar-refractivity contribution in [1.82, 2.24) is 10.2 Å². The minimum Gasteiger partial charge on any atom is -0.353 e. The zero-order valence-corrected chi connectivity index (χ0v) is 14.7. The second-order valence-electron chi connectivity index (χ2n) is 6.79. The van der Waals surface area contributed by atoms with Crippen LogP contribution in [0.15, 0.2) is 24.3 Å². The van der Waals surface area contributed by atoms with E-state index in [1.807, 2.05) is 13.8 Å². The molecule has 0 unspecified atom stereocenters. The van der Waals surface area contributed by atoms with Crippen LogP contribution in [0.2, 0.25) is 0 Å². The molecule has 0 aliphatic carbocycles. The molecular formula is C19H25N3O3. The van der Waals surface area contributed by atoms with Crippen molar-refractivity contribution < 1.29 is 14.4 Å². The van der Waals surface area contributed by atoms with Crippen molar-refractivity contribution in [3.63, 3.8) is 0 Å². The minimum absolute atomic E-state index is 0.00637. The van der Waals surface area contributed by atoms with Gasteiger partial charge in [-0.25, -0.2) is 0 Å². The third-order valence-corrected chi connectivity index (χ3v) is 5.28. The molecule has 1 saturated heterocycles. The SMILES string of the molecule is CCC(CC)C(=O)N[C@@H]1CCN2C(=O)c3ccccc3NC(=O)[C@@H]2C1. The van der Waals surface area contributed by atoms with E-state index >= 15 is 0 Å². The normalized spacial score (nSPS) is 22.8. The number of para-hydroxylation sites is 1. The van der Waals surface area contributed by atoms with Gasteiger partial charge in [-0.05, 0) is 37.8 Å². The van der Waals surface area contributed by atoms with Gasteiger partial charge >= 0.3 is 0 Å². The Hall–Kier alpha value is -2.37. The Morgan fingerprint density at radius 1 is 1.28 bits per heavy atom. The van der Waals surface area contributed by atoms with E-state index in [0.717, 1.165) is 12.8 Å². The molecule has 1 fully saturated rings. The van der Waals surface area contributed by atoms with Crippen LogP contribution in [0.25, 0.3) is 0 Å². The van der Waals surface area contributed by atoms with Crippen LogP contribution in [0.4, 0.5) is 5.69 Å². The van der Waals surface area contributed by atoms with Gasteiger partial charge in [0.05, 0.1) is 11.3 Å². The molecule has 0 bridgehead atoms. The van der Waals surface area contributed by atoms with E-state index in [1.54, 1.807) is 29.2 Å². The molecule has 25 heavy (non-hydrogen) atoms. The molecule has 0 aromatic heterocycles. The predicted molar refractivity (Wildman–Crippen MR) is 95.1 cm³/mol. The summed E-state index contributed by atoms with van der Waals surface area (Å²) < 4.78 is 0. The van der Waals surface area contributed by atoms with Crippen molar-refractivity contribution in [2.45, 2.75) is 51.6 Å². The first-order valence-electron chi connectivity index (χ1n) is 9.06. The molecule has 2 aliphatic rings. The molecule has 0 saturated carbocycles. The first kappa shape index (κ1) is 17.5. The van der Waals surface area contributed by atoms with Crippen LogP contribution >= 0.6 is 0 Å². The molecule has 1 aromatic rings. The summed E-state index contributed by atoms with van der Waals surface area (Å²) in [5.41, 5.74) is 1.09. The maximum absolute atomic E-state index is 12.8. The molecule has 6 heteroatoms. The van der Waals surface area contributed by atoms with Crippen LogP contribution < -0.4 is 10.6 Å². The molecule has 6 nitrogen and oxygen atoms in total. The van der Waals surface area contributed by atoms with Gasteiger partial charge in [0.15, 0.2) is 0 Å². The molecule has 3 rings (SSSR count). The highest BCUT2D eigenvalue weighted by molar-refractivity contribution is 6.09. The summed E-state index contributed by atoms with van der Waals surface area (Å²) in [7, 11) is 0. The number of nitrogens with zero attached hydrogens (tertiary/aromatic N) is 1. The van der Waals surface area contributed by atoms with Gasteiger partial charge < -0.3 is 15.5 Å². The molecule has 2 aliphatic heterocycles. The second-order valence-corrected chi connectivity index (χ2v) is 6.79. The highest BCUT2D eigenvalue weighted by atomic mass is 16.2. The summed E-state index contributed by atoms with van der Waals surface area (Å²) in [5, 5.41) is 5.93. The Morgan fingerprint density at radius 3 is 2.72 bits per heavy atom. The number of rotatable bonds is 4. The number of carbonyl (C=O) groups is 3. The number of benzene rings is 1. The average Bonchev–Trinajstić information content (AvgIpc) is 2.72. The van der Waals surface area contributed by atoms with Crippen LogP contribution in [0, 0.1) is 5.92 Å². The van der Waals surface area contributed by atoms with Crippen molar-refractivity contribution in [1.29, 1.82) is 0 Å². The Morgan fingerprint density at radius 2 is 2.00 bits per heavy atom. The van der Waals surface area contributed by atoms with Crippen LogP contribution in [0.1, 0.15) is 49.9 Å². The zero-order valence-electron chi connectivity index (χ0n) is 14.7. The lowest BCUT2D eigenvalue weighted by Gasteiger charge is -2.37. The lowest BCUT2D eigenvalue weighted by molar-refractivity contribution is -0.127. The van der Waals surface area contributed by atoms with Crippen molar-refractivity contribution >= 4 is 23.4 Å². The van der Waals surface area contributed by atoms with Gasteiger partial charge in [-0.3, -0.25) is 14.4 Å². The Balaban J connectivity index is 1.75. The molecule has 0 radical (unpaired) electrons. The van der Waals surface area contributed by atoms with E-state index in [9.17, 15) is 14.4 Å². The number of carbonyl (C=O) groups excluding carboxylic acids is 3. The molecule has 2 N–H and O–H groups in total. The summed E-state index contributed by atoms with van der Waals surface area (Å²) in [6.07, 6.45) is 2.73. The fourth-order valence-electron chi connectivity index (χ4n) is 3.72. The van der Waals surface area contributed by atoms with Crippen molar-refractivity contribution in [2.75, 3.05) is 11.9 Å². The van der Waals surface area contributed by atoms with Crippen LogP contribution in [-0.4, -0.2) is 41.2 Å². The van der Waals surface area contributed by atoms with E-state index in [2.05, 4.69) is 10.6 Å². The fraction of sp³-hybridized carbons (Fsp3) is 0.526. The lowest BCUT2D eigenvalue weighted by atomic mass is 9.94. The molecule has 0 spiro atoms. The van der Waals surface area contributed by atoms with Gasteiger partial charge in [0, 0.05) is 18.5 Å². The number of hydrogen-bond donors (Lipinski definition) is 2. The first-order valence-corrected chi connectivity index (χ1v) is 9.06. The first-order chi connectivity index (χ1) is 12.0. The largest absolute Gasteiger partial charge is 0.353 e. The minimum atomic E-state index is -0.541. The van der Waals surface area contributed by atoms with E-state index in [0.29, 0.717) is 30.6 Å². The third-order valence-electron chi connectivity index (χ3n) is 5.28. The Labute approximate surface area is 148 Å². The average molecular weight is 343 g/mol. The van der Waals surface area contributed by atoms with Gasteiger partial charge in [-0.2, -0.15) is 0 Å².